The molecule has 4 rings (SSSR count). The number of ether oxygens (including phenoxy) is 3. The standard InChI is InChI=1S/C19H14Cl2N2O4/c1-25-15-7-6-10(19(24)23-16-11(20)8-22-9-12(16)21)17-18(15)27-14-5-3-2-4-13(14)26-17/h2-9,13-14H,1H3,(H,22,23,24). The molecule has 0 bridgehead atoms. The fourth-order valence-corrected chi connectivity index (χ4v) is 3.33. The maximum absolute atomic E-state index is 12.9. The van der Waals surface area contributed by atoms with Crippen molar-refractivity contribution in [2.24, 2.45) is 0 Å². The van der Waals surface area contributed by atoms with Crippen LogP contribution in [0.2, 0.25) is 10.0 Å². The fraction of sp³-hybridized carbons (Fsp3) is 0.158. The number of hydrogen-bond acceptors (Lipinski definition) is 5. The lowest BCUT2D eigenvalue weighted by molar-refractivity contribution is 0.0700. The number of anilines is 1. The molecule has 27 heavy (non-hydrogen) atoms. The number of amides is 1. The molecule has 2 atom stereocenters. The highest BCUT2D eigenvalue weighted by molar-refractivity contribution is 6.39. The first-order valence-corrected chi connectivity index (χ1v) is 8.83. The van der Waals surface area contributed by atoms with E-state index in [1.54, 1.807) is 12.1 Å². The van der Waals surface area contributed by atoms with Crippen molar-refractivity contribution in [3.05, 3.63) is 64.4 Å². The second kappa shape index (κ2) is 7.13. The maximum atomic E-state index is 12.9. The van der Waals surface area contributed by atoms with Crippen LogP contribution in [0.25, 0.3) is 0 Å². The summed E-state index contributed by atoms with van der Waals surface area (Å²) in [5.74, 6) is 0.705. The summed E-state index contributed by atoms with van der Waals surface area (Å²) < 4.78 is 17.4. The number of halogens is 2. The van der Waals surface area contributed by atoms with Crippen molar-refractivity contribution in [2.45, 2.75) is 12.2 Å². The van der Waals surface area contributed by atoms with Gasteiger partial charge in [0.1, 0.15) is 0 Å². The van der Waals surface area contributed by atoms with E-state index < -0.39 is 5.91 Å². The number of allylic oxidation sites excluding steroid dienone is 2. The average molecular weight is 405 g/mol. The highest BCUT2D eigenvalue weighted by Gasteiger charge is 2.34. The minimum absolute atomic E-state index is 0.232. The molecule has 0 spiro atoms. The number of hydrogen-bond donors (Lipinski definition) is 1. The van der Waals surface area contributed by atoms with Crippen LogP contribution in [-0.4, -0.2) is 30.2 Å². The van der Waals surface area contributed by atoms with Gasteiger partial charge in [-0.25, -0.2) is 0 Å². The molecular formula is C19H14Cl2N2O4. The lowest BCUT2D eigenvalue weighted by atomic mass is 10.0. The Balaban J connectivity index is 1.73. The van der Waals surface area contributed by atoms with Crippen LogP contribution in [-0.2, 0) is 0 Å². The van der Waals surface area contributed by atoms with E-state index in [0.717, 1.165) is 0 Å². The molecule has 0 saturated heterocycles. The van der Waals surface area contributed by atoms with E-state index in [9.17, 15) is 4.79 Å². The lowest BCUT2D eigenvalue weighted by Gasteiger charge is -2.33. The van der Waals surface area contributed by atoms with Crippen LogP contribution in [0.5, 0.6) is 17.2 Å². The van der Waals surface area contributed by atoms with Crippen LogP contribution in [0.4, 0.5) is 5.69 Å². The number of benzene rings is 1. The molecule has 1 N–H and O–H groups in total. The predicted octanol–water partition coefficient (Wildman–Crippen LogP) is 4.28. The number of carbonyl (C=O) groups excluding carboxylic acids is 1. The first-order chi connectivity index (χ1) is 13.1. The van der Waals surface area contributed by atoms with E-state index in [0.29, 0.717) is 17.2 Å². The van der Waals surface area contributed by atoms with E-state index in [1.165, 1.54) is 19.5 Å². The van der Waals surface area contributed by atoms with Gasteiger partial charge in [0.15, 0.2) is 23.7 Å². The number of carbonyl (C=O) groups is 1. The third-order valence-corrected chi connectivity index (χ3v) is 4.75. The Labute approximate surface area is 165 Å². The van der Waals surface area contributed by atoms with Crippen LogP contribution < -0.4 is 19.5 Å². The third kappa shape index (κ3) is 3.22. The highest BCUT2D eigenvalue weighted by Crippen LogP contribution is 2.45. The van der Waals surface area contributed by atoms with Crippen LogP contribution >= 0.6 is 23.2 Å². The van der Waals surface area contributed by atoms with Crippen LogP contribution in [0.3, 0.4) is 0 Å². The topological polar surface area (TPSA) is 69.7 Å². The molecule has 1 aliphatic carbocycles. The molecule has 1 aromatic heterocycles. The van der Waals surface area contributed by atoms with E-state index in [-0.39, 0.29) is 33.5 Å². The Morgan fingerprint density at radius 2 is 1.70 bits per heavy atom. The zero-order valence-electron chi connectivity index (χ0n) is 14.1. The molecule has 0 radical (unpaired) electrons. The van der Waals surface area contributed by atoms with Gasteiger partial charge in [0.25, 0.3) is 5.91 Å². The Hall–Kier alpha value is -2.70. The molecule has 2 aliphatic rings. The zero-order chi connectivity index (χ0) is 19.0. The van der Waals surface area contributed by atoms with Gasteiger partial charge in [-0.05, 0) is 24.3 Å². The van der Waals surface area contributed by atoms with Gasteiger partial charge in [0, 0.05) is 12.4 Å². The summed E-state index contributed by atoms with van der Waals surface area (Å²) in [7, 11) is 1.53. The molecular weight excluding hydrogens is 391 g/mol. The molecule has 2 unspecified atom stereocenters. The Bertz CT molecular complexity index is 954. The van der Waals surface area contributed by atoms with Crippen molar-refractivity contribution in [2.75, 3.05) is 12.4 Å². The van der Waals surface area contributed by atoms with Gasteiger partial charge in [-0.1, -0.05) is 35.4 Å². The Kier molecular flexibility index (Phi) is 4.68. The van der Waals surface area contributed by atoms with Gasteiger partial charge in [0.2, 0.25) is 5.75 Å². The number of aromatic nitrogens is 1. The summed E-state index contributed by atoms with van der Waals surface area (Å²) in [5.41, 5.74) is 0.550. The molecule has 0 fully saturated rings. The van der Waals surface area contributed by atoms with E-state index >= 15 is 0 Å². The molecule has 1 amide bonds. The zero-order valence-corrected chi connectivity index (χ0v) is 15.6. The van der Waals surface area contributed by atoms with Crippen LogP contribution in [0.15, 0.2) is 48.8 Å². The molecule has 6 nitrogen and oxygen atoms in total. The third-order valence-electron chi connectivity index (χ3n) is 4.18. The fourth-order valence-electron chi connectivity index (χ4n) is 2.88. The van der Waals surface area contributed by atoms with Gasteiger partial charge in [-0.3, -0.25) is 9.78 Å². The molecule has 1 aromatic carbocycles. The Morgan fingerprint density at radius 1 is 1.07 bits per heavy atom. The first-order valence-electron chi connectivity index (χ1n) is 8.08. The SMILES string of the molecule is COc1ccc(C(=O)Nc2c(Cl)cncc2Cl)c2c1OC1C=CC=CC1O2. The number of pyridine rings is 1. The van der Waals surface area contributed by atoms with E-state index in [4.69, 9.17) is 37.4 Å². The molecule has 8 heteroatoms. The average Bonchev–Trinajstić information content (AvgIpc) is 2.68. The van der Waals surface area contributed by atoms with Crippen molar-refractivity contribution in [1.29, 1.82) is 0 Å². The predicted molar refractivity (Wildman–Crippen MR) is 102 cm³/mol. The van der Waals surface area contributed by atoms with E-state index in [2.05, 4.69) is 10.3 Å². The minimum Gasteiger partial charge on any atom is -0.493 e. The first kappa shape index (κ1) is 17.7. The van der Waals surface area contributed by atoms with Gasteiger partial charge >= 0.3 is 0 Å². The molecule has 2 aromatic rings. The number of methoxy groups -OCH3 is 1. The largest absolute Gasteiger partial charge is 0.493 e. The van der Waals surface area contributed by atoms with Gasteiger partial charge in [-0.15, -0.1) is 0 Å². The van der Waals surface area contributed by atoms with Crippen LogP contribution in [0.1, 0.15) is 10.4 Å². The number of fused-ring (bicyclic) bond motifs is 2. The lowest BCUT2D eigenvalue weighted by Crippen LogP contribution is -2.38. The second-order valence-corrected chi connectivity index (χ2v) is 6.66. The van der Waals surface area contributed by atoms with Gasteiger partial charge in [0.05, 0.1) is 28.4 Å². The normalized spacial score (nSPS) is 19.4. The minimum atomic E-state index is -0.443. The van der Waals surface area contributed by atoms with Crippen molar-refractivity contribution < 1.29 is 19.0 Å². The smallest absolute Gasteiger partial charge is 0.259 e. The quantitative estimate of drug-likeness (QED) is 0.826. The van der Waals surface area contributed by atoms with Crippen molar-refractivity contribution in [3.8, 4) is 17.2 Å². The molecule has 138 valence electrons. The molecule has 1 aliphatic heterocycles. The van der Waals surface area contributed by atoms with Gasteiger partial charge in [-0.2, -0.15) is 0 Å². The summed E-state index contributed by atoms with van der Waals surface area (Å²) in [4.78, 5) is 16.8. The van der Waals surface area contributed by atoms with Crippen molar-refractivity contribution in [1.82, 2.24) is 4.98 Å². The van der Waals surface area contributed by atoms with E-state index in [1.807, 2.05) is 24.3 Å². The Morgan fingerprint density at radius 3 is 2.33 bits per heavy atom. The monoisotopic (exact) mass is 404 g/mol. The summed E-state index contributed by atoms with van der Waals surface area (Å²) in [5, 5.41) is 3.17. The summed E-state index contributed by atoms with van der Waals surface area (Å²) in [6.45, 7) is 0. The number of rotatable bonds is 3. The van der Waals surface area contributed by atoms with Crippen molar-refractivity contribution in [3.63, 3.8) is 0 Å². The van der Waals surface area contributed by atoms with Crippen LogP contribution in [0, 0.1) is 0 Å². The summed E-state index contributed by atoms with van der Waals surface area (Å²) >= 11 is 12.2. The number of nitrogens with zero attached hydrogens (tertiary/aromatic N) is 1. The number of nitrogens with one attached hydrogen (secondary N) is 1. The molecule has 2 heterocycles. The summed E-state index contributed by atoms with van der Waals surface area (Å²) in [6.07, 6.45) is 9.67. The van der Waals surface area contributed by atoms with Gasteiger partial charge < -0.3 is 19.5 Å². The second-order valence-electron chi connectivity index (χ2n) is 5.84. The maximum Gasteiger partial charge on any atom is 0.259 e. The van der Waals surface area contributed by atoms with Crippen molar-refractivity contribution >= 4 is 34.8 Å². The molecule has 0 saturated carbocycles. The highest BCUT2D eigenvalue weighted by atomic mass is 35.5. The summed E-state index contributed by atoms with van der Waals surface area (Å²) in [6, 6.07) is 3.25.